The molecule has 0 unspecified atom stereocenters. The fourth-order valence-electron chi connectivity index (χ4n) is 2.98. The summed E-state index contributed by atoms with van der Waals surface area (Å²) in [6.07, 6.45) is 1.24. The fourth-order valence-corrected chi connectivity index (χ4v) is 3.81. The molecular weight excluding hydrogens is 418 g/mol. The summed E-state index contributed by atoms with van der Waals surface area (Å²) >= 11 is 0.618. The van der Waals surface area contributed by atoms with Crippen LogP contribution < -0.4 is 9.47 Å². The average Bonchev–Trinajstić information content (AvgIpc) is 3.01. The van der Waals surface area contributed by atoms with Gasteiger partial charge in [-0.3, -0.25) is 29.4 Å². The topological polar surface area (TPSA) is 129 Å². The van der Waals surface area contributed by atoms with E-state index in [1.54, 1.807) is 0 Å². The lowest BCUT2D eigenvalue weighted by atomic mass is 10.1. The molecule has 0 saturated carbocycles. The summed E-state index contributed by atoms with van der Waals surface area (Å²) in [6, 6.07) is 2.53. The number of carbonyl (C=O) groups excluding carboxylic acids is 3. The number of nitrogens with zero attached hydrogens (tertiary/aromatic N) is 3. The Morgan fingerprint density at radius 3 is 2.47 bits per heavy atom. The number of nitro benzene ring substituents is 1. The lowest BCUT2D eigenvalue weighted by Gasteiger charge is -2.28. The zero-order valence-electron chi connectivity index (χ0n) is 16.3. The summed E-state index contributed by atoms with van der Waals surface area (Å²) in [4.78, 5) is 50.5. The fraction of sp³-hybridized carbons (Fsp3) is 0.389. The SMILES string of the molecule is COc1cc(/C=C2/SC(=O)N(CC(=O)N3CCOCC3)C2=O)c([N+](=O)[O-])cc1OC. The number of hydrogen-bond acceptors (Lipinski definition) is 9. The third-order valence-corrected chi connectivity index (χ3v) is 5.45. The lowest BCUT2D eigenvalue weighted by Crippen LogP contribution is -2.46. The van der Waals surface area contributed by atoms with Gasteiger partial charge in [0.25, 0.3) is 16.8 Å². The summed E-state index contributed by atoms with van der Waals surface area (Å²) in [6.45, 7) is 1.19. The standard InChI is InChI=1S/C18H19N3O8S/c1-27-13-7-11(12(21(25)26)9-14(13)28-2)8-15-17(23)20(18(24)30-15)10-16(22)19-3-5-29-6-4-19/h7-9H,3-6,10H2,1-2H3/b15-8+. The molecule has 30 heavy (non-hydrogen) atoms. The first kappa shape index (κ1) is 21.6. The Balaban J connectivity index is 1.86. The second-order valence-electron chi connectivity index (χ2n) is 6.28. The van der Waals surface area contributed by atoms with Gasteiger partial charge in [-0.05, 0) is 23.9 Å². The molecule has 1 aromatic carbocycles. The second-order valence-corrected chi connectivity index (χ2v) is 7.28. The van der Waals surface area contributed by atoms with Crippen LogP contribution in [-0.4, -0.2) is 78.8 Å². The van der Waals surface area contributed by atoms with E-state index >= 15 is 0 Å². The predicted molar refractivity (Wildman–Crippen MR) is 106 cm³/mol. The minimum absolute atomic E-state index is 0.0231. The average molecular weight is 437 g/mol. The number of hydrogen-bond donors (Lipinski definition) is 0. The minimum atomic E-state index is -0.685. The maximum absolute atomic E-state index is 12.7. The number of carbonyl (C=O) groups is 3. The number of imide groups is 1. The Hall–Kier alpha value is -3.12. The normalized spacial score (nSPS) is 18.1. The van der Waals surface area contributed by atoms with Crippen molar-refractivity contribution in [3.05, 3.63) is 32.7 Å². The van der Waals surface area contributed by atoms with Crippen LogP contribution in [0, 0.1) is 10.1 Å². The molecule has 1 aromatic rings. The van der Waals surface area contributed by atoms with Crippen molar-refractivity contribution >= 4 is 40.6 Å². The zero-order chi connectivity index (χ0) is 21.8. The van der Waals surface area contributed by atoms with Crippen molar-refractivity contribution in [1.82, 2.24) is 9.80 Å². The highest BCUT2D eigenvalue weighted by Gasteiger charge is 2.38. The van der Waals surface area contributed by atoms with Gasteiger partial charge in [0.2, 0.25) is 5.91 Å². The van der Waals surface area contributed by atoms with Gasteiger partial charge in [0, 0.05) is 13.1 Å². The molecular formula is C18H19N3O8S. The molecule has 0 spiro atoms. The molecule has 0 N–H and O–H groups in total. The van der Waals surface area contributed by atoms with Crippen molar-refractivity contribution in [1.29, 1.82) is 0 Å². The number of thioether (sulfide) groups is 1. The summed E-state index contributed by atoms with van der Waals surface area (Å²) in [7, 11) is 2.72. The molecule has 2 fully saturated rings. The molecule has 11 nitrogen and oxygen atoms in total. The summed E-state index contributed by atoms with van der Waals surface area (Å²) < 4.78 is 15.4. The van der Waals surface area contributed by atoms with Crippen LogP contribution in [0.5, 0.6) is 11.5 Å². The number of benzene rings is 1. The monoisotopic (exact) mass is 437 g/mol. The largest absolute Gasteiger partial charge is 0.493 e. The number of amides is 3. The Kier molecular flexibility index (Phi) is 6.57. The molecule has 0 atom stereocenters. The maximum Gasteiger partial charge on any atom is 0.294 e. The molecule has 160 valence electrons. The lowest BCUT2D eigenvalue weighted by molar-refractivity contribution is -0.385. The highest BCUT2D eigenvalue weighted by molar-refractivity contribution is 8.18. The molecule has 2 aliphatic rings. The van der Waals surface area contributed by atoms with Crippen molar-refractivity contribution in [2.75, 3.05) is 47.1 Å². The molecule has 2 saturated heterocycles. The van der Waals surface area contributed by atoms with Crippen molar-refractivity contribution < 1.29 is 33.5 Å². The molecule has 0 radical (unpaired) electrons. The van der Waals surface area contributed by atoms with Crippen LogP contribution in [0.3, 0.4) is 0 Å². The highest BCUT2D eigenvalue weighted by atomic mass is 32.2. The van der Waals surface area contributed by atoms with Gasteiger partial charge in [-0.1, -0.05) is 0 Å². The Bertz CT molecular complexity index is 926. The first-order valence-electron chi connectivity index (χ1n) is 8.87. The molecule has 12 heteroatoms. The summed E-state index contributed by atoms with van der Waals surface area (Å²) in [5.41, 5.74) is -0.244. The van der Waals surface area contributed by atoms with Gasteiger partial charge in [0.1, 0.15) is 6.54 Å². The molecule has 3 rings (SSSR count). The number of nitro groups is 1. The molecule has 0 aliphatic carbocycles. The van der Waals surface area contributed by atoms with E-state index in [0.717, 1.165) is 4.90 Å². The molecule has 0 aromatic heterocycles. The van der Waals surface area contributed by atoms with E-state index in [1.807, 2.05) is 0 Å². The first-order chi connectivity index (χ1) is 14.3. The summed E-state index contributed by atoms with van der Waals surface area (Å²) in [5, 5.41) is 10.8. The maximum atomic E-state index is 12.7. The predicted octanol–water partition coefficient (Wildman–Crippen LogP) is 1.51. The van der Waals surface area contributed by atoms with Gasteiger partial charge >= 0.3 is 0 Å². The Morgan fingerprint density at radius 2 is 1.87 bits per heavy atom. The van der Waals surface area contributed by atoms with Crippen LogP contribution in [0.2, 0.25) is 0 Å². The van der Waals surface area contributed by atoms with E-state index in [-0.39, 0.29) is 33.6 Å². The van der Waals surface area contributed by atoms with Gasteiger partial charge in [-0.25, -0.2) is 0 Å². The number of ether oxygens (including phenoxy) is 3. The van der Waals surface area contributed by atoms with Crippen molar-refractivity contribution in [2.45, 2.75) is 0 Å². The zero-order valence-corrected chi connectivity index (χ0v) is 17.1. The third-order valence-electron chi connectivity index (χ3n) is 4.55. The van der Waals surface area contributed by atoms with Crippen molar-refractivity contribution in [2.24, 2.45) is 0 Å². The smallest absolute Gasteiger partial charge is 0.294 e. The van der Waals surface area contributed by atoms with Crippen LogP contribution in [-0.2, 0) is 14.3 Å². The van der Waals surface area contributed by atoms with E-state index in [9.17, 15) is 24.5 Å². The third kappa shape index (κ3) is 4.39. The van der Waals surface area contributed by atoms with Gasteiger partial charge < -0.3 is 19.1 Å². The van der Waals surface area contributed by atoms with Crippen LogP contribution in [0.1, 0.15) is 5.56 Å². The van der Waals surface area contributed by atoms with E-state index in [2.05, 4.69) is 0 Å². The number of methoxy groups -OCH3 is 2. The van der Waals surface area contributed by atoms with E-state index in [1.165, 1.54) is 37.3 Å². The van der Waals surface area contributed by atoms with Gasteiger partial charge in [0.05, 0.1) is 48.9 Å². The molecule has 2 aliphatic heterocycles. The van der Waals surface area contributed by atoms with Gasteiger partial charge in [0.15, 0.2) is 11.5 Å². The Morgan fingerprint density at radius 1 is 1.23 bits per heavy atom. The first-order valence-corrected chi connectivity index (χ1v) is 9.68. The van der Waals surface area contributed by atoms with Crippen molar-refractivity contribution in [3.8, 4) is 11.5 Å². The van der Waals surface area contributed by atoms with Crippen LogP contribution >= 0.6 is 11.8 Å². The van der Waals surface area contributed by atoms with E-state index in [0.29, 0.717) is 38.1 Å². The van der Waals surface area contributed by atoms with Gasteiger partial charge in [-0.15, -0.1) is 0 Å². The Labute approximate surface area is 175 Å². The highest BCUT2D eigenvalue weighted by Crippen LogP contribution is 2.38. The molecule has 3 amide bonds. The van der Waals surface area contributed by atoms with Crippen LogP contribution in [0.15, 0.2) is 17.0 Å². The van der Waals surface area contributed by atoms with Crippen LogP contribution in [0.4, 0.5) is 10.5 Å². The van der Waals surface area contributed by atoms with Crippen LogP contribution in [0.25, 0.3) is 6.08 Å². The van der Waals surface area contributed by atoms with Gasteiger partial charge in [-0.2, -0.15) is 0 Å². The van der Waals surface area contributed by atoms with Crippen molar-refractivity contribution in [3.63, 3.8) is 0 Å². The quantitative estimate of drug-likeness (QED) is 0.369. The second kappa shape index (κ2) is 9.13. The van der Waals surface area contributed by atoms with E-state index in [4.69, 9.17) is 14.2 Å². The minimum Gasteiger partial charge on any atom is -0.493 e. The summed E-state index contributed by atoms with van der Waals surface area (Å²) in [5.74, 6) is -0.656. The molecule has 2 heterocycles. The number of morpholine rings is 1. The number of rotatable bonds is 6. The van der Waals surface area contributed by atoms with E-state index < -0.39 is 22.6 Å². The molecule has 0 bridgehead atoms.